The summed E-state index contributed by atoms with van der Waals surface area (Å²) in [6.07, 6.45) is -9.71. The Bertz CT molecular complexity index is 1620. The Kier molecular flexibility index (Phi) is 10.5. The Morgan fingerprint density at radius 2 is 1.67 bits per heavy atom. The molecule has 1 aromatic heterocycles. The Morgan fingerprint density at radius 1 is 1.04 bits per heavy atom. The van der Waals surface area contributed by atoms with E-state index in [9.17, 15) is 42.6 Å². The van der Waals surface area contributed by atoms with Crippen molar-refractivity contribution in [3.63, 3.8) is 0 Å². The highest BCUT2D eigenvalue weighted by molar-refractivity contribution is 5.96. The number of phenolic OH excluding ortho intramolecular Hbond substituents is 1. The number of β-amino-alcohol motifs (C(OH)–C–C–N with tert-alkyl or cyclic N) is 1. The molecule has 2 heterocycles. The lowest BCUT2D eigenvalue weighted by atomic mass is 9.99. The highest BCUT2D eigenvalue weighted by Gasteiger charge is 2.32. The van der Waals surface area contributed by atoms with Crippen molar-refractivity contribution < 1.29 is 62.9 Å². The van der Waals surface area contributed by atoms with Crippen LogP contribution in [0.3, 0.4) is 0 Å². The molecule has 0 aliphatic carbocycles. The second-order valence-corrected chi connectivity index (χ2v) is 10.7. The minimum absolute atomic E-state index is 0.0674. The number of hydrogen-bond donors (Lipinski definition) is 9. The predicted molar refractivity (Wildman–Crippen MR) is 149 cm³/mol. The summed E-state index contributed by atoms with van der Waals surface area (Å²) in [5, 5.41) is 59.0. The smallest absolute Gasteiger partial charge is 0.416 e. The maximum atomic E-state index is 13.0. The first-order valence-corrected chi connectivity index (χ1v) is 13.1. The van der Waals surface area contributed by atoms with E-state index in [0.29, 0.717) is 17.5 Å². The van der Waals surface area contributed by atoms with Gasteiger partial charge in [0.05, 0.1) is 28.4 Å². The molecule has 3 aromatic rings. The van der Waals surface area contributed by atoms with Gasteiger partial charge in [0.25, 0.3) is 5.91 Å². The van der Waals surface area contributed by atoms with Gasteiger partial charge in [-0.3, -0.25) is 9.36 Å². The lowest BCUT2D eigenvalue weighted by molar-refractivity contribution is -0.165. The Morgan fingerprint density at radius 3 is 2.24 bits per heavy atom. The summed E-state index contributed by atoms with van der Waals surface area (Å²) in [6.45, 7) is 3.79. The maximum Gasteiger partial charge on any atom is 0.416 e. The molecule has 0 saturated heterocycles. The van der Waals surface area contributed by atoms with Crippen LogP contribution in [-0.2, 0) is 27.1 Å². The van der Waals surface area contributed by atoms with Crippen molar-refractivity contribution in [3.8, 4) is 11.5 Å². The Hall–Kier alpha value is -4.65. The van der Waals surface area contributed by atoms with Crippen LogP contribution >= 0.6 is 0 Å². The molecule has 4 rings (SSSR count). The molecular formula is C27H31F3N4O11. The number of nitrogens with zero attached hydrogens (tertiary/aromatic N) is 1. The second-order valence-electron chi connectivity index (χ2n) is 10.7. The lowest BCUT2D eigenvalue weighted by Crippen LogP contribution is -2.43. The number of benzene rings is 2. The fourth-order valence-electron chi connectivity index (χ4n) is 4.26. The van der Waals surface area contributed by atoms with Gasteiger partial charge in [-0.05, 0) is 44.5 Å². The summed E-state index contributed by atoms with van der Waals surface area (Å²) in [5.74, 6) is -3.77. The first kappa shape index (κ1) is 34.8. The van der Waals surface area contributed by atoms with Gasteiger partial charge in [-0.1, -0.05) is 0 Å². The fourth-order valence-corrected chi connectivity index (χ4v) is 4.26. The highest BCUT2D eigenvalue weighted by atomic mass is 19.4. The van der Waals surface area contributed by atoms with Crippen molar-refractivity contribution in [3.05, 3.63) is 51.9 Å². The first-order chi connectivity index (χ1) is 20.8. The number of aromatic hydroxyl groups is 1. The molecule has 0 bridgehead atoms. The number of aromatic amines is 1. The number of amides is 1. The summed E-state index contributed by atoms with van der Waals surface area (Å²) in [7, 11) is 0. The number of carbonyl (C=O) groups is 3. The number of alkyl halides is 3. The molecule has 3 atom stereocenters. The van der Waals surface area contributed by atoms with Crippen LogP contribution in [0.15, 0.2) is 35.1 Å². The zero-order chi connectivity index (χ0) is 33.9. The van der Waals surface area contributed by atoms with E-state index in [1.807, 2.05) is 13.8 Å². The standard InChI is InChI=1S/C23H25F3N4O5.C4H6O6/c1-22(2,5-6-30-17-4-3-12(23(24,25)26)7-15(17)29-21(30)34)27-10-18(32)14-8-13(31)9-16-20(14)35-11-19(33)28-16;5-1(3(7)8)2(6)4(9)10/h3-4,7-9,18,27,31-32H,5-6,10-11H2,1-2H3,(H,28,33)(H,29,34);1-2,5-6H,(H,7,8)(H,9,10)/t18-;/m0./s1. The Labute approximate surface area is 251 Å². The van der Waals surface area contributed by atoms with Crippen LogP contribution in [-0.4, -0.2) is 88.9 Å². The number of hydrogen-bond acceptors (Lipinski definition) is 10. The number of rotatable bonds is 10. The minimum Gasteiger partial charge on any atom is -0.508 e. The van der Waals surface area contributed by atoms with E-state index in [1.165, 1.54) is 22.8 Å². The number of anilines is 1. The van der Waals surface area contributed by atoms with Crippen LogP contribution in [0, 0.1) is 0 Å². The lowest BCUT2D eigenvalue weighted by Gasteiger charge is -2.29. The number of aryl methyl sites for hydroxylation is 1. The van der Waals surface area contributed by atoms with Crippen LogP contribution < -0.4 is 21.1 Å². The predicted octanol–water partition coefficient (Wildman–Crippen LogP) is 0.754. The third-order valence-electron chi connectivity index (χ3n) is 6.72. The highest BCUT2D eigenvalue weighted by Crippen LogP contribution is 2.39. The van der Waals surface area contributed by atoms with Crippen LogP contribution in [0.2, 0.25) is 0 Å². The van der Waals surface area contributed by atoms with Crippen LogP contribution in [0.5, 0.6) is 11.5 Å². The summed E-state index contributed by atoms with van der Waals surface area (Å²) >= 11 is 0. The van der Waals surface area contributed by atoms with Crippen molar-refractivity contribution in [1.29, 1.82) is 0 Å². The number of aliphatic hydroxyl groups is 3. The van der Waals surface area contributed by atoms with Crippen molar-refractivity contribution in [2.75, 3.05) is 18.5 Å². The molecule has 45 heavy (non-hydrogen) atoms. The third kappa shape index (κ3) is 8.72. The van der Waals surface area contributed by atoms with Crippen molar-refractivity contribution in [2.24, 2.45) is 0 Å². The average Bonchev–Trinajstić information content (AvgIpc) is 3.27. The maximum absolute atomic E-state index is 13.0. The van der Waals surface area contributed by atoms with Crippen molar-refractivity contribution in [2.45, 2.75) is 56.8 Å². The molecule has 1 aliphatic heterocycles. The average molecular weight is 645 g/mol. The topological polar surface area (TPSA) is 244 Å². The van der Waals surface area contributed by atoms with E-state index < -0.39 is 53.2 Å². The van der Waals surface area contributed by atoms with Crippen LogP contribution in [0.4, 0.5) is 18.9 Å². The Balaban J connectivity index is 0.000000477. The zero-order valence-electron chi connectivity index (χ0n) is 23.8. The molecule has 1 aliphatic rings. The number of phenols is 1. The van der Waals surface area contributed by atoms with E-state index in [1.54, 1.807) is 0 Å². The number of imidazole rings is 1. The molecule has 246 valence electrons. The molecule has 15 nitrogen and oxygen atoms in total. The number of fused-ring (bicyclic) bond motifs is 2. The SMILES string of the molecule is CC(C)(CCn1c(=O)[nH]c2cc(C(F)(F)F)ccc21)NC[C@H](O)c1cc(O)cc2c1OCC(=O)N2.O=C(O)C(O)C(O)C(=O)O. The summed E-state index contributed by atoms with van der Waals surface area (Å²) in [5.41, 5.74) is -0.899. The van der Waals surface area contributed by atoms with E-state index in [2.05, 4.69) is 15.6 Å². The molecular weight excluding hydrogens is 613 g/mol. The quantitative estimate of drug-likeness (QED) is 0.149. The number of aliphatic carboxylic acids is 2. The van der Waals surface area contributed by atoms with Crippen molar-refractivity contribution >= 4 is 34.6 Å². The number of carbonyl (C=O) groups excluding carboxylic acids is 1. The molecule has 2 aromatic carbocycles. The number of carboxylic acid groups (broad SMARTS) is 2. The number of ether oxygens (including phenoxy) is 1. The number of carboxylic acids is 2. The summed E-state index contributed by atoms with van der Waals surface area (Å²) < 4.78 is 45.7. The van der Waals surface area contributed by atoms with Crippen molar-refractivity contribution in [1.82, 2.24) is 14.9 Å². The van der Waals surface area contributed by atoms with Crippen LogP contribution in [0.1, 0.15) is 37.5 Å². The number of aromatic nitrogens is 2. The van der Waals surface area contributed by atoms with Gasteiger partial charge in [0.2, 0.25) is 0 Å². The monoisotopic (exact) mass is 644 g/mol. The van der Waals surface area contributed by atoms with E-state index >= 15 is 0 Å². The molecule has 1 amide bonds. The minimum atomic E-state index is -4.51. The first-order valence-electron chi connectivity index (χ1n) is 13.1. The molecule has 2 unspecified atom stereocenters. The number of H-pyrrole nitrogens is 1. The zero-order valence-corrected chi connectivity index (χ0v) is 23.8. The van der Waals surface area contributed by atoms with Gasteiger partial charge < -0.3 is 51.0 Å². The summed E-state index contributed by atoms with van der Waals surface area (Å²) in [6, 6.07) is 5.80. The molecule has 9 N–H and O–H groups in total. The number of aliphatic hydroxyl groups excluding tert-OH is 3. The second kappa shape index (κ2) is 13.6. The molecule has 0 spiro atoms. The third-order valence-corrected chi connectivity index (χ3v) is 6.72. The van der Waals surface area contributed by atoms with E-state index in [4.69, 9.17) is 25.2 Å². The molecule has 0 radical (unpaired) electrons. The van der Waals surface area contributed by atoms with Gasteiger partial charge in [-0.25, -0.2) is 14.4 Å². The van der Waals surface area contributed by atoms with Gasteiger partial charge in [-0.2, -0.15) is 13.2 Å². The van der Waals surface area contributed by atoms with Gasteiger partial charge in [0, 0.05) is 30.3 Å². The normalized spacial score (nSPS) is 15.2. The van der Waals surface area contributed by atoms with E-state index in [0.717, 1.165) is 12.1 Å². The molecule has 18 heteroatoms. The van der Waals surface area contributed by atoms with Gasteiger partial charge in [0.1, 0.15) is 11.5 Å². The fraction of sp³-hybridized carbons (Fsp3) is 0.407. The molecule has 0 saturated carbocycles. The van der Waals surface area contributed by atoms with Gasteiger partial charge in [0.15, 0.2) is 18.8 Å². The largest absolute Gasteiger partial charge is 0.508 e. The van der Waals surface area contributed by atoms with E-state index in [-0.39, 0.29) is 48.3 Å². The van der Waals surface area contributed by atoms with Crippen LogP contribution in [0.25, 0.3) is 11.0 Å². The summed E-state index contributed by atoms with van der Waals surface area (Å²) in [4.78, 5) is 45.9. The van der Waals surface area contributed by atoms with Gasteiger partial charge >= 0.3 is 23.8 Å². The number of halogens is 3. The van der Waals surface area contributed by atoms with Gasteiger partial charge in [-0.15, -0.1) is 0 Å². The molecule has 0 fully saturated rings. The number of nitrogens with one attached hydrogen (secondary N) is 3.